The molecule has 7 heteroatoms. The molecule has 12 atom stereocenters. The zero-order valence-electron chi connectivity index (χ0n) is 22.9. The van der Waals surface area contributed by atoms with E-state index in [1.54, 1.807) is 13.2 Å². The lowest BCUT2D eigenvalue weighted by Gasteiger charge is -2.58. The number of aliphatic hydroxyl groups excluding tert-OH is 1. The summed E-state index contributed by atoms with van der Waals surface area (Å²) in [6, 6.07) is 0. The van der Waals surface area contributed by atoms with Crippen molar-refractivity contribution >= 4 is 5.97 Å². The Kier molecular flexibility index (Phi) is 5.58. The summed E-state index contributed by atoms with van der Waals surface area (Å²) in [5, 5.41) is 10.3. The number of methoxy groups -OCH3 is 1. The molecule has 4 saturated carbocycles. The Bertz CT molecular complexity index is 996. The van der Waals surface area contributed by atoms with Gasteiger partial charge >= 0.3 is 5.97 Å². The van der Waals surface area contributed by atoms with Crippen LogP contribution in [0.4, 0.5) is 0 Å². The second-order valence-corrected chi connectivity index (χ2v) is 13.8. The standard InChI is InChI=1S/C30H44O7/c1-17-26(32)22(33-4)15-25(35-17)36-20-6-9-27(2)19(14-20)5-11-29-23(27)8-10-28(3)21(7-12-30(28,29)37-29)18-13-24(31)34-16-18/h13,17,19-23,25-26,32H,5-12,14-16H2,1-4H3/t17?,19-,20?,21-,22?,23-,25?,26?,27+,28-,29+,30-/m1/s1. The number of esters is 1. The van der Waals surface area contributed by atoms with Crippen LogP contribution in [0.1, 0.15) is 85.0 Å². The van der Waals surface area contributed by atoms with Crippen LogP contribution < -0.4 is 0 Å². The number of carbonyl (C=O) groups is 1. The highest BCUT2D eigenvalue weighted by Crippen LogP contribution is 2.81. The number of rotatable bonds is 4. The van der Waals surface area contributed by atoms with E-state index in [9.17, 15) is 9.90 Å². The molecule has 0 aromatic carbocycles. The Hall–Kier alpha value is -0.990. The minimum Gasteiger partial charge on any atom is -0.458 e. The number of fused-ring (bicyclic) bond motifs is 2. The summed E-state index contributed by atoms with van der Waals surface area (Å²) in [7, 11) is 1.65. The quantitative estimate of drug-likeness (QED) is 0.339. The molecule has 0 amide bonds. The summed E-state index contributed by atoms with van der Waals surface area (Å²) >= 11 is 0. The van der Waals surface area contributed by atoms with Gasteiger partial charge in [-0.05, 0) is 93.5 Å². The second kappa shape index (κ2) is 8.26. The Morgan fingerprint density at radius 3 is 2.65 bits per heavy atom. The van der Waals surface area contributed by atoms with Gasteiger partial charge in [0.05, 0.1) is 18.3 Å². The summed E-state index contributed by atoms with van der Waals surface area (Å²) in [4.78, 5) is 11.8. The number of ether oxygens (including phenoxy) is 5. The number of epoxide rings is 1. The topological polar surface area (TPSA) is 86.8 Å². The molecule has 206 valence electrons. The molecule has 7 rings (SSSR count). The molecule has 4 aliphatic carbocycles. The molecule has 3 aliphatic heterocycles. The maximum atomic E-state index is 11.8. The number of carbonyl (C=O) groups excluding carboxylic acids is 1. The van der Waals surface area contributed by atoms with E-state index in [1.165, 1.54) is 31.3 Å². The molecule has 7 aliphatic rings. The van der Waals surface area contributed by atoms with Gasteiger partial charge in [0.2, 0.25) is 0 Å². The first kappa shape index (κ1) is 25.0. The SMILES string of the molecule is COC1CC(OC2CC[C@@]3(C)[C@H](CC[C@@]45O[C@@]46CC[C@H](C4=CC(=O)OC4)[C@@]6(C)CC[C@H]35)C2)OC(C)C1O. The predicted octanol–water partition coefficient (Wildman–Crippen LogP) is 4.30. The van der Waals surface area contributed by atoms with Crippen molar-refractivity contribution in [3.63, 3.8) is 0 Å². The molecule has 3 heterocycles. The van der Waals surface area contributed by atoms with Gasteiger partial charge in [-0.15, -0.1) is 0 Å². The molecule has 6 fully saturated rings. The van der Waals surface area contributed by atoms with Crippen molar-refractivity contribution in [1.82, 2.24) is 0 Å². The van der Waals surface area contributed by atoms with E-state index in [1.807, 2.05) is 6.92 Å². The molecule has 2 saturated heterocycles. The Balaban J connectivity index is 1.06. The van der Waals surface area contributed by atoms with E-state index >= 15 is 0 Å². The van der Waals surface area contributed by atoms with E-state index < -0.39 is 6.10 Å². The normalized spacial score (nSPS) is 56.5. The second-order valence-electron chi connectivity index (χ2n) is 13.8. The van der Waals surface area contributed by atoms with Crippen LogP contribution in [-0.4, -0.2) is 66.7 Å². The molecule has 0 bridgehead atoms. The number of cyclic esters (lactones) is 1. The van der Waals surface area contributed by atoms with Gasteiger partial charge in [0.1, 0.15) is 23.9 Å². The molecule has 0 aromatic rings. The van der Waals surface area contributed by atoms with Gasteiger partial charge in [-0.25, -0.2) is 4.79 Å². The smallest absolute Gasteiger partial charge is 0.331 e. The first-order valence-corrected chi connectivity index (χ1v) is 14.7. The van der Waals surface area contributed by atoms with E-state index in [-0.39, 0.29) is 52.6 Å². The lowest BCUT2D eigenvalue weighted by molar-refractivity contribution is -0.271. The van der Waals surface area contributed by atoms with Gasteiger partial charge in [0.15, 0.2) is 6.29 Å². The molecule has 7 nitrogen and oxygen atoms in total. The molecule has 37 heavy (non-hydrogen) atoms. The van der Waals surface area contributed by atoms with Crippen LogP contribution in [0.15, 0.2) is 11.6 Å². The first-order chi connectivity index (χ1) is 17.7. The maximum Gasteiger partial charge on any atom is 0.331 e. The van der Waals surface area contributed by atoms with Crippen molar-refractivity contribution in [1.29, 1.82) is 0 Å². The van der Waals surface area contributed by atoms with Crippen molar-refractivity contribution in [2.45, 2.75) is 127 Å². The fourth-order valence-electron chi connectivity index (χ4n) is 10.6. The minimum absolute atomic E-state index is 0.0153. The van der Waals surface area contributed by atoms with E-state index in [0.29, 0.717) is 30.8 Å². The van der Waals surface area contributed by atoms with Crippen LogP contribution in [0.2, 0.25) is 0 Å². The third-order valence-corrected chi connectivity index (χ3v) is 12.6. The van der Waals surface area contributed by atoms with Gasteiger partial charge < -0.3 is 28.8 Å². The van der Waals surface area contributed by atoms with Crippen molar-refractivity contribution in [3.05, 3.63) is 11.6 Å². The monoisotopic (exact) mass is 516 g/mol. The Morgan fingerprint density at radius 1 is 1.05 bits per heavy atom. The van der Waals surface area contributed by atoms with Crippen LogP contribution in [0.25, 0.3) is 0 Å². The highest BCUT2D eigenvalue weighted by molar-refractivity contribution is 5.85. The zero-order chi connectivity index (χ0) is 25.8. The molecular formula is C30H44O7. The number of hydrogen-bond acceptors (Lipinski definition) is 7. The Morgan fingerprint density at radius 2 is 1.89 bits per heavy atom. The van der Waals surface area contributed by atoms with Gasteiger partial charge in [-0.3, -0.25) is 0 Å². The predicted molar refractivity (Wildman–Crippen MR) is 134 cm³/mol. The van der Waals surface area contributed by atoms with Crippen LogP contribution in [0.5, 0.6) is 0 Å². The van der Waals surface area contributed by atoms with Crippen LogP contribution in [-0.2, 0) is 28.5 Å². The van der Waals surface area contributed by atoms with Gasteiger partial charge in [0.25, 0.3) is 0 Å². The lowest BCUT2D eigenvalue weighted by Crippen LogP contribution is -2.59. The fourth-order valence-corrected chi connectivity index (χ4v) is 10.6. The lowest BCUT2D eigenvalue weighted by atomic mass is 9.44. The highest BCUT2D eigenvalue weighted by Gasteiger charge is 2.86. The van der Waals surface area contributed by atoms with Crippen molar-refractivity contribution in [3.8, 4) is 0 Å². The molecule has 1 N–H and O–H groups in total. The zero-order valence-corrected chi connectivity index (χ0v) is 22.9. The summed E-state index contributed by atoms with van der Waals surface area (Å²) in [6.45, 7) is 7.37. The summed E-state index contributed by atoms with van der Waals surface area (Å²) < 4.78 is 30.4. The molecule has 2 spiro atoms. The molecular weight excluding hydrogens is 472 g/mol. The van der Waals surface area contributed by atoms with Gasteiger partial charge in [0, 0.05) is 25.0 Å². The maximum absolute atomic E-state index is 11.8. The van der Waals surface area contributed by atoms with Crippen LogP contribution in [0, 0.1) is 28.6 Å². The fraction of sp³-hybridized carbons (Fsp3) is 0.900. The largest absolute Gasteiger partial charge is 0.458 e. The summed E-state index contributed by atoms with van der Waals surface area (Å²) in [5.74, 6) is 1.47. The van der Waals surface area contributed by atoms with Crippen molar-refractivity contribution in [2.24, 2.45) is 28.6 Å². The average Bonchev–Trinajstić information content (AvgIpc) is 3.18. The van der Waals surface area contributed by atoms with Crippen molar-refractivity contribution in [2.75, 3.05) is 13.7 Å². The van der Waals surface area contributed by atoms with Crippen LogP contribution >= 0.6 is 0 Å². The average molecular weight is 517 g/mol. The number of aliphatic hydroxyl groups is 1. The first-order valence-electron chi connectivity index (χ1n) is 14.7. The van der Waals surface area contributed by atoms with Gasteiger partial charge in [-0.1, -0.05) is 13.8 Å². The Labute approximate surface area is 220 Å². The molecule has 0 radical (unpaired) electrons. The van der Waals surface area contributed by atoms with E-state index in [4.69, 9.17) is 23.7 Å². The third kappa shape index (κ3) is 3.27. The van der Waals surface area contributed by atoms with Crippen molar-refractivity contribution < 1.29 is 33.6 Å². The van der Waals surface area contributed by atoms with E-state index in [2.05, 4.69) is 13.8 Å². The highest BCUT2D eigenvalue weighted by atomic mass is 16.7. The summed E-state index contributed by atoms with van der Waals surface area (Å²) in [5.41, 5.74) is 1.57. The third-order valence-electron chi connectivity index (χ3n) is 12.6. The molecule has 5 unspecified atom stereocenters. The summed E-state index contributed by atoms with van der Waals surface area (Å²) in [6.07, 6.45) is 11.4. The van der Waals surface area contributed by atoms with E-state index in [0.717, 1.165) is 32.1 Å². The molecule has 0 aromatic heterocycles. The minimum atomic E-state index is -0.606. The van der Waals surface area contributed by atoms with Crippen LogP contribution in [0.3, 0.4) is 0 Å². The van der Waals surface area contributed by atoms with Gasteiger partial charge in [-0.2, -0.15) is 0 Å². The number of hydrogen-bond donors (Lipinski definition) is 1.